The predicted octanol–water partition coefficient (Wildman–Crippen LogP) is 6.51. The number of aromatic nitrogens is 2. The van der Waals surface area contributed by atoms with E-state index in [2.05, 4.69) is 4.98 Å². The molecule has 2 aromatic carbocycles. The van der Waals surface area contributed by atoms with Crippen molar-refractivity contribution in [1.29, 1.82) is 0 Å². The fourth-order valence-corrected chi connectivity index (χ4v) is 3.81. The molecule has 0 saturated heterocycles. The highest BCUT2D eigenvalue weighted by molar-refractivity contribution is 6.00. The zero-order valence-corrected chi connectivity index (χ0v) is 18.1. The number of aryl methyl sites for hydroxylation is 1. The van der Waals surface area contributed by atoms with Crippen LogP contribution in [0.4, 0.5) is 13.2 Å². The summed E-state index contributed by atoms with van der Waals surface area (Å²) in [6.07, 6.45) is -3.66. The highest BCUT2D eigenvalue weighted by atomic mass is 19.4. The molecule has 2 aromatic heterocycles. The number of halogens is 3. The number of pyridine rings is 1. The lowest BCUT2D eigenvalue weighted by atomic mass is 10.1. The monoisotopic (exact) mass is 454 g/mol. The van der Waals surface area contributed by atoms with Crippen LogP contribution in [0.25, 0.3) is 27.8 Å². The van der Waals surface area contributed by atoms with Gasteiger partial charge in [-0.1, -0.05) is 6.07 Å². The van der Waals surface area contributed by atoms with Crippen molar-refractivity contribution in [3.8, 4) is 22.7 Å². The van der Waals surface area contributed by atoms with Crippen LogP contribution in [-0.2, 0) is 6.18 Å². The molecular weight excluding hydrogens is 433 g/mol. The number of fused-ring (bicyclic) bond motifs is 1. The van der Waals surface area contributed by atoms with E-state index in [1.165, 1.54) is 6.07 Å². The van der Waals surface area contributed by atoms with Gasteiger partial charge in [-0.05, 0) is 74.9 Å². The first-order chi connectivity index (χ1) is 15.6. The molecule has 4 rings (SSSR count). The van der Waals surface area contributed by atoms with Crippen molar-refractivity contribution in [2.75, 3.05) is 0 Å². The molecule has 4 aromatic rings. The summed E-state index contributed by atoms with van der Waals surface area (Å²) < 4.78 is 45.9. The molecule has 170 valence electrons. The molecule has 0 aliphatic rings. The van der Waals surface area contributed by atoms with E-state index in [-0.39, 0.29) is 11.8 Å². The Labute approximate surface area is 188 Å². The first-order valence-electron chi connectivity index (χ1n) is 10.3. The van der Waals surface area contributed by atoms with Gasteiger partial charge in [-0.15, -0.1) is 0 Å². The molecule has 0 unspecified atom stereocenters. The predicted molar refractivity (Wildman–Crippen MR) is 119 cm³/mol. The summed E-state index contributed by atoms with van der Waals surface area (Å²) >= 11 is 0. The van der Waals surface area contributed by atoms with Crippen molar-refractivity contribution in [2.45, 2.75) is 33.1 Å². The number of alkyl halides is 3. The Balaban J connectivity index is 1.82. The zero-order valence-electron chi connectivity index (χ0n) is 18.1. The van der Waals surface area contributed by atoms with Crippen LogP contribution in [0.3, 0.4) is 0 Å². The number of carboxylic acid groups (broad SMARTS) is 1. The van der Waals surface area contributed by atoms with E-state index >= 15 is 0 Å². The second-order valence-corrected chi connectivity index (χ2v) is 7.94. The molecule has 0 amide bonds. The topological polar surface area (TPSA) is 64.3 Å². The van der Waals surface area contributed by atoms with Crippen LogP contribution in [0.15, 0.2) is 60.8 Å². The molecule has 0 aliphatic carbocycles. The van der Waals surface area contributed by atoms with Crippen LogP contribution in [0, 0.1) is 6.92 Å². The number of hydrogen-bond acceptors (Lipinski definition) is 3. The van der Waals surface area contributed by atoms with E-state index in [9.17, 15) is 23.1 Å². The smallest absolute Gasteiger partial charge is 0.417 e. The summed E-state index contributed by atoms with van der Waals surface area (Å²) in [7, 11) is 0. The van der Waals surface area contributed by atoms with Gasteiger partial charge in [-0.3, -0.25) is 4.98 Å². The third kappa shape index (κ3) is 4.28. The van der Waals surface area contributed by atoms with Crippen LogP contribution in [0.5, 0.6) is 5.75 Å². The van der Waals surface area contributed by atoms with Crippen LogP contribution < -0.4 is 4.74 Å². The molecule has 8 heteroatoms. The number of benzene rings is 2. The summed E-state index contributed by atoms with van der Waals surface area (Å²) in [5.41, 5.74) is 2.11. The van der Waals surface area contributed by atoms with Gasteiger partial charge in [-0.25, -0.2) is 4.79 Å². The van der Waals surface area contributed by atoms with Gasteiger partial charge in [0.05, 0.1) is 22.9 Å². The maximum Gasteiger partial charge on any atom is 0.417 e. The summed E-state index contributed by atoms with van der Waals surface area (Å²) in [6, 6.07) is 14.6. The Kier molecular flexibility index (Phi) is 5.61. The van der Waals surface area contributed by atoms with Gasteiger partial charge in [0.1, 0.15) is 11.4 Å². The molecule has 0 fully saturated rings. The van der Waals surface area contributed by atoms with Gasteiger partial charge in [0, 0.05) is 22.8 Å². The van der Waals surface area contributed by atoms with Gasteiger partial charge in [0.15, 0.2) is 0 Å². The van der Waals surface area contributed by atoms with Gasteiger partial charge >= 0.3 is 12.1 Å². The third-order valence-electron chi connectivity index (χ3n) is 5.28. The number of aromatic carboxylic acids is 1. The summed E-state index contributed by atoms with van der Waals surface area (Å²) in [6.45, 7) is 5.55. The fraction of sp³-hybridized carbons (Fsp3) is 0.200. The minimum atomic E-state index is -4.46. The number of nitrogens with zero attached hydrogens (tertiary/aromatic N) is 2. The molecule has 0 aliphatic heterocycles. The summed E-state index contributed by atoms with van der Waals surface area (Å²) in [5.74, 6) is -0.408. The molecule has 0 atom stereocenters. The van der Waals surface area contributed by atoms with Crippen LogP contribution >= 0.6 is 0 Å². The average molecular weight is 454 g/mol. The van der Waals surface area contributed by atoms with E-state index in [1.54, 1.807) is 54.0 Å². The maximum absolute atomic E-state index is 12.8. The lowest BCUT2D eigenvalue weighted by molar-refractivity contribution is -0.137. The maximum atomic E-state index is 12.8. The number of ether oxygens (including phenoxy) is 1. The largest absolute Gasteiger partial charge is 0.491 e. The van der Waals surface area contributed by atoms with Gasteiger partial charge in [0.2, 0.25) is 0 Å². The van der Waals surface area contributed by atoms with Gasteiger partial charge < -0.3 is 14.4 Å². The third-order valence-corrected chi connectivity index (χ3v) is 5.28. The van der Waals surface area contributed by atoms with E-state index < -0.39 is 17.7 Å². The quantitative estimate of drug-likeness (QED) is 0.374. The molecule has 33 heavy (non-hydrogen) atoms. The Morgan fingerprint density at radius 2 is 1.76 bits per heavy atom. The van der Waals surface area contributed by atoms with Crippen LogP contribution in [0.1, 0.15) is 35.5 Å². The van der Waals surface area contributed by atoms with Crippen LogP contribution in [-0.4, -0.2) is 26.7 Å². The number of hydrogen-bond donors (Lipinski definition) is 1. The highest BCUT2D eigenvalue weighted by Gasteiger charge is 2.30. The Morgan fingerprint density at radius 3 is 2.30 bits per heavy atom. The number of carboxylic acids is 1. The Hall–Kier alpha value is -3.81. The first kappa shape index (κ1) is 22.4. The molecular formula is C25H21F3N2O3. The van der Waals surface area contributed by atoms with E-state index in [0.29, 0.717) is 39.2 Å². The first-order valence-corrected chi connectivity index (χ1v) is 10.3. The summed E-state index contributed by atoms with van der Waals surface area (Å²) in [4.78, 5) is 16.1. The lowest BCUT2D eigenvalue weighted by Crippen LogP contribution is -2.08. The minimum Gasteiger partial charge on any atom is -0.491 e. The lowest BCUT2D eigenvalue weighted by Gasteiger charge is -2.12. The normalized spacial score (nSPS) is 11.8. The second kappa shape index (κ2) is 8.27. The molecule has 0 radical (unpaired) electrons. The van der Waals surface area contributed by atoms with Crippen molar-refractivity contribution >= 4 is 16.9 Å². The zero-order chi connectivity index (χ0) is 23.9. The standard InChI is InChI=1S/C25H21F3N2O3/c1-14(2)33-19-8-6-18(7-9-19)30-22-11-4-16(12-20(22)15(3)23(30)24(31)32)21-10-5-17(13-29-21)25(26,27)28/h4-14H,1-3H3,(H,31,32). The Morgan fingerprint density at radius 1 is 1.06 bits per heavy atom. The fourth-order valence-electron chi connectivity index (χ4n) is 3.81. The van der Waals surface area contributed by atoms with Gasteiger partial charge in [0.25, 0.3) is 0 Å². The van der Waals surface area contributed by atoms with Crippen molar-refractivity contribution < 1.29 is 27.8 Å². The van der Waals surface area contributed by atoms with Crippen LogP contribution in [0.2, 0.25) is 0 Å². The van der Waals surface area contributed by atoms with E-state index in [1.807, 2.05) is 13.8 Å². The molecule has 2 heterocycles. The average Bonchev–Trinajstić information content (AvgIpc) is 3.05. The number of carbonyl (C=O) groups is 1. The van der Waals surface area contributed by atoms with Gasteiger partial charge in [-0.2, -0.15) is 13.2 Å². The molecule has 5 nitrogen and oxygen atoms in total. The minimum absolute atomic E-state index is 0.0114. The Bertz CT molecular complexity index is 1320. The molecule has 0 bridgehead atoms. The molecule has 0 spiro atoms. The SMILES string of the molecule is Cc1c(C(=O)O)n(-c2ccc(OC(C)C)cc2)c2ccc(-c3ccc(C(F)(F)F)cn3)cc12. The molecule has 1 N–H and O–H groups in total. The second-order valence-electron chi connectivity index (χ2n) is 7.94. The summed E-state index contributed by atoms with van der Waals surface area (Å²) in [5, 5.41) is 10.6. The van der Waals surface area contributed by atoms with Crippen molar-refractivity contribution in [3.05, 3.63) is 77.6 Å². The highest BCUT2D eigenvalue weighted by Crippen LogP contribution is 2.34. The van der Waals surface area contributed by atoms with E-state index in [4.69, 9.17) is 4.74 Å². The van der Waals surface area contributed by atoms with Crippen molar-refractivity contribution in [1.82, 2.24) is 9.55 Å². The van der Waals surface area contributed by atoms with Crippen molar-refractivity contribution in [3.63, 3.8) is 0 Å². The molecule has 0 saturated carbocycles. The van der Waals surface area contributed by atoms with E-state index in [0.717, 1.165) is 12.3 Å². The number of rotatable bonds is 5. The van der Waals surface area contributed by atoms with Crippen molar-refractivity contribution in [2.24, 2.45) is 0 Å².